The van der Waals surface area contributed by atoms with Gasteiger partial charge in [-0.1, -0.05) is 23.5 Å². The van der Waals surface area contributed by atoms with Crippen molar-refractivity contribution in [2.75, 3.05) is 24.7 Å². The van der Waals surface area contributed by atoms with E-state index in [0.29, 0.717) is 55.9 Å². The Morgan fingerprint density at radius 3 is 2.55 bits per heavy atom. The molecular formula is C30H41NO6S. The zero-order chi connectivity index (χ0) is 27.5. The second kappa shape index (κ2) is 11.9. The van der Waals surface area contributed by atoms with E-state index in [2.05, 4.69) is 24.8 Å². The Labute approximate surface area is 230 Å². The molecule has 38 heavy (non-hydrogen) atoms. The molecule has 1 aromatic rings. The van der Waals surface area contributed by atoms with Gasteiger partial charge in [-0.25, -0.2) is 4.79 Å². The molecule has 1 aliphatic heterocycles. The van der Waals surface area contributed by atoms with E-state index in [1.54, 1.807) is 11.0 Å². The Balaban J connectivity index is 1.60. The number of aliphatic hydroxyl groups is 1. The lowest BCUT2D eigenvalue weighted by atomic mass is 9.81. The van der Waals surface area contributed by atoms with E-state index in [-0.39, 0.29) is 40.9 Å². The van der Waals surface area contributed by atoms with Crippen molar-refractivity contribution in [1.82, 2.24) is 0 Å². The third kappa shape index (κ3) is 7.26. The smallest absolute Gasteiger partial charge is 0.348 e. The van der Waals surface area contributed by atoms with Gasteiger partial charge in [-0.15, -0.1) is 11.3 Å². The third-order valence-electron chi connectivity index (χ3n) is 7.68. The summed E-state index contributed by atoms with van der Waals surface area (Å²) in [5.41, 5.74) is 0.548. The lowest BCUT2D eigenvalue weighted by Crippen LogP contribution is -2.50. The molecule has 0 aromatic carbocycles. The number of ether oxygens (including phenoxy) is 2. The molecule has 1 saturated carbocycles. The summed E-state index contributed by atoms with van der Waals surface area (Å²) in [6.07, 6.45) is 7.41. The summed E-state index contributed by atoms with van der Waals surface area (Å²) in [6.45, 7) is 9.61. The fraction of sp³-hybridized carbons (Fsp3) is 0.667. The van der Waals surface area contributed by atoms with Crippen molar-refractivity contribution in [2.24, 2.45) is 11.3 Å². The summed E-state index contributed by atoms with van der Waals surface area (Å²) in [5, 5.41) is 21.3. The number of rotatable bonds is 7. The molecule has 4 rings (SSSR count). The Morgan fingerprint density at radius 1 is 1.24 bits per heavy atom. The summed E-state index contributed by atoms with van der Waals surface area (Å²) < 4.78 is 11.3. The largest absolute Gasteiger partial charge is 0.477 e. The predicted molar refractivity (Wildman–Crippen MR) is 149 cm³/mol. The second-order valence-electron chi connectivity index (χ2n) is 12.1. The minimum Gasteiger partial charge on any atom is -0.477 e. The van der Waals surface area contributed by atoms with Crippen molar-refractivity contribution in [1.29, 1.82) is 0 Å². The van der Waals surface area contributed by atoms with Gasteiger partial charge in [0.2, 0.25) is 5.91 Å². The van der Waals surface area contributed by atoms with Crippen LogP contribution in [-0.4, -0.2) is 59.7 Å². The number of carbonyl (C=O) groups excluding carboxylic acids is 1. The summed E-state index contributed by atoms with van der Waals surface area (Å²) >= 11 is 1.13. The molecular weight excluding hydrogens is 502 g/mol. The fourth-order valence-electron chi connectivity index (χ4n) is 5.37. The molecule has 2 fully saturated rings. The van der Waals surface area contributed by atoms with Crippen LogP contribution in [0.5, 0.6) is 0 Å². The van der Waals surface area contributed by atoms with Gasteiger partial charge in [-0.3, -0.25) is 4.79 Å². The Bertz CT molecular complexity index is 1110. The van der Waals surface area contributed by atoms with Crippen molar-refractivity contribution in [3.8, 4) is 11.8 Å². The number of allylic oxidation sites excluding steroid dienone is 2. The van der Waals surface area contributed by atoms with Crippen LogP contribution < -0.4 is 4.90 Å². The first-order chi connectivity index (χ1) is 17.9. The second-order valence-corrected chi connectivity index (χ2v) is 13.2. The monoisotopic (exact) mass is 543 g/mol. The standard InChI is InChI=1S/C30H41NO6S/c1-20-5-7-21(8-6-20)27(32)31(25-17-24(11-13-29(2,3)4)38-26(25)28(33)34)22-9-14-30(35,15-10-22)19-37-23-12-16-36-18-23/h5,17,21-23,35H,6-10,12,14-16,18-19H2,1-4H3,(H,33,34)/t21-,22-,23-,30+/m1/s1. The molecule has 2 N–H and O–H groups in total. The van der Waals surface area contributed by atoms with Crippen LogP contribution in [-0.2, 0) is 14.3 Å². The first kappa shape index (κ1) is 28.8. The molecule has 0 radical (unpaired) electrons. The molecule has 1 saturated heterocycles. The minimum absolute atomic E-state index is 0.0224. The van der Waals surface area contributed by atoms with Crippen LogP contribution in [0.1, 0.15) is 93.6 Å². The molecule has 0 spiro atoms. The Kier molecular flexibility index (Phi) is 9.03. The molecule has 0 unspecified atom stereocenters. The first-order valence-electron chi connectivity index (χ1n) is 13.7. The molecule has 2 aliphatic carbocycles. The molecule has 1 amide bonds. The number of amides is 1. The quantitative estimate of drug-likeness (QED) is 0.353. The molecule has 2 heterocycles. The first-order valence-corrected chi connectivity index (χ1v) is 14.6. The lowest BCUT2D eigenvalue weighted by Gasteiger charge is -2.42. The maximum absolute atomic E-state index is 14.0. The average molecular weight is 544 g/mol. The number of hydrogen-bond donors (Lipinski definition) is 2. The molecule has 2 atom stereocenters. The number of anilines is 1. The van der Waals surface area contributed by atoms with Gasteiger partial charge < -0.3 is 24.6 Å². The van der Waals surface area contributed by atoms with E-state index < -0.39 is 11.6 Å². The fourth-order valence-corrected chi connectivity index (χ4v) is 6.21. The van der Waals surface area contributed by atoms with Gasteiger partial charge in [0.1, 0.15) is 4.88 Å². The summed E-state index contributed by atoms with van der Waals surface area (Å²) in [6, 6.07) is 1.58. The lowest BCUT2D eigenvalue weighted by molar-refractivity contribution is -0.124. The highest BCUT2D eigenvalue weighted by molar-refractivity contribution is 7.15. The van der Waals surface area contributed by atoms with Crippen LogP contribution in [0.2, 0.25) is 0 Å². The number of carboxylic acids is 1. The van der Waals surface area contributed by atoms with Gasteiger partial charge in [0.15, 0.2) is 0 Å². The van der Waals surface area contributed by atoms with Crippen molar-refractivity contribution in [3.05, 3.63) is 27.5 Å². The molecule has 0 bridgehead atoms. The maximum atomic E-state index is 14.0. The van der Waals surface area contributed by atoms with Crippen LogP contribution in [0.4, 0.5) is 5.69 Å². The van der Waals surface area contributed by atoms with Gasteiger partial charge in [0, 0.05) is 24.0 Å². The number of carboxylic acid groups (broad SMARTS) is 1. The van der Waals surface area contributed by atoms with Crippen LogP contribution in [0.15, 0.2) is 17.7 Å². The number of carbonyl (C=O) groups is 2. The SMILES string of the molecule is CC1=CC[C@@H](C(=O)N(c2cc(C#CC(C)(C)C)sc2C(=O)O)[C@H]2CC[C@](O)(CO[C@@H]3CCOC3)CC2)CC1. The Hall–Kier alpha value is -2.18. The number of aromatic carboxylic acids is 1. The van der Waals surface area contributed by atoms with E-state index in [4.69, 9.17) is 9.47 Å². The van der Waals surface area contributed by atoms with Crippen molar-refractivity contribution >= 4 is 28.9 Å². The summed E-state index contributed by atoms with van der Waals surface area (Å²) in [4.78, 5) is 28.9. The van der Waals surface area contributed by atoms with E-state index in [1.165, 1.54) is 5.57 Å². The third-order valence-corrected chi connectivity index (χ3v) is 8.71. The predicted octanol–water partition coefficient (Wildman–Crippen LogP) is 5.40. The highest BCUT2D eigenvalue weighted by Gasteiger charge is 2.41. The zero-order valence-corrected chi connectivity index (χ0v) is 23.9. The number of nitrogens with zero attached hydrogens (tertiary/aromatic N) is 1. The van der Waals surface area contributed by atoms with Crippen molar-refractivity contribution < 1.29 is 29.3 Å². The molecule has 8 heteroatoms. The van der Waals surface area contributed by atoms with E-state index in [9.17, 15) is 19.8 Å². The topological polar surface area (TPSA) is 96.3 Å². The maximum Gasteiger partial charge on any atom is 0.348 e. The molecule has 7 nitrogen and oxygen atoms in total. The minimum atomic E-state index is -1.05. The van der Waals surface area contributed by atoms with Crippen molar-refractivity contribution in [2.45, 2.75) is 96.8 Å². The van der Waals surface area contributed by atoms with Crippen molar-refractivity contribution in [3.63, 3.8) is 0 Å². The number of hydrogen-bond acceptors (Lipinski definition) is 6. The molecule has 1 aromatic heterocycles. The van der Waals surface area contributed by atoms with Crippen LogP contribution >= 0.6 is 11.3 Å². The molecule has 3 aliphatic rings. The molecule has 208 valence electrons. The highest BCUT2D eigenvalue weighted by Crippen LogP contribution is 2.40. The van der Waals surface area contributed by atoms with E-state index in [0.717, 1.165) is 30.6 Å². The zero-order valence-electron chi connectivity index (χ0n) is 23.0. The van der Waals surface area contributed by atoms with Gasteiger partial charge >= 0.3 is 5.97 Å². The number of thiophene rings is 1. The average Bonchev–Trinajstić information content (AvgIpc) is 3.53. The van der Waals surface area contributed by atoms with Gasteiger partial charge in [0.25, 0.3) is 0 Å². The highest BCUT2D eigenvalue weighted by atomic mass is 32.1. The Morgan fingerprint density at radius 2 is 1.97 bits per heavy atom. The summed E-state index contributed by atoms with van der Waals surface area (Å²) in [7, 11) is 0. The van der Waals surface area contributed by atoms with Gasteiger partial charge in [-0.05, 0) is 85.1 Å². The van der Waals surface area contributed by atoms with Crippen LogP contribution in [0.25, 0.3) is 0 Å². The van der Waals surface area contributed by atoms with Crippen LogP contribution in [0, 0.1) is 23.2 Å². The van der Waals surface area contributed by atoms with Gasteiger partial charge in [0.05, 0.1) is 35.5 Å². The summed E-state index contributed by atoms with van der Waals surface area (Å²) in [5.74, 6) is 5.05. The van der Waals surface area contributed by atoms with Gasteiger partial charge in [-0.2, -0.15) is 0 Å². The van der Waals surface area contributed by atoms with E-state index in [1.807, 2.05) is 20.8 Å². The van der Waals surface area contributed by atoms with Crippen LogP contribution in [0.3, 0.4) is 0 Å². The van der Waals surface area contributed by atoms with E-state index >= 15 is 0 Å². The normalized spacial score (nSPS) is 27.8.